The molecule has 16 heteroatoms. The van der Waals surface area contributed by atoms with Gasteiger partial charge < -0.3 is 19.5 Å². The molecule has 1 fully saturated rings. The number of nitrogens with zero attached hydrogens (tertiary/aromatic N) is 2. The zero-order chi connectivity index (χ0) is 34.5. The first-order valence-electron chi connectivity index (χ1n) is 14.7. The van der Waals surface area contributed by atoms with Crippen LogP contribution in [0.15, 0.2) is 42.5 Å². The topological polar surface area (TPSA) is 154 Å². The van der Waals surface area contributed by atoms with Crippen molar-refractivity contribution in [1.29, 1.82) is 0 Å². The summed E-state index contributed by atoms with van der Waals surface area (Å²) in [5.41, 5.74) is -0.487. The van der Waals surface area contributed by atoms with Crippen molar-refractivity contribution in [1.82, 2.24) is 4.31 Å². The highest BCUT2D eigenvalue weighted by Crippen LogP contribution is 2.47. The van der Waals surface area contributed by atoms with Crippen LogP contribution in [0.1, 0.15) is 55.8 Å². The number of benzene rings is 2. The molecule has 254 valence electrons. The van der Waals surface area contributed by atoms with Crippen molar-refractivity contribution in [2.75, 3.05) is 31.6 Å². The molecule has 1 aliphatic rings. The molecule has 0 aliphatic carbocycles. The highest BCUT2D eigenvalue weighted by Gasteiger charge is 2.32. The number of rotatable bonds is 12. The summed E-state index contributed by atoms with van der Waals surface area (Å²) in [5.74, 6) is -2.57. The van der Waals surface area contributed by atoms with Gasteiger partial charge in [0.1, 0.15) is 10.6 Å². The Balaban J connectivity index is 1.50. The van der Waals surface area contributed by atoms with Crippen LogP contribution in [0.25, 0.3) is 10.4 Å². The summed E-state index contributed by atoms with van der Waals surface area (Å²) < 4.78 is 59.4. The van der Waals surface area contributed by atoms with E-state index >= 15 is 4.39 Å². The number of sulfonamides is 1. The first-order chi connectivity index (χ1) is 22.1. The van der Waals surface area contributed by atoms with E-state index in [1.54, 1.807) is 39.8 Å². The fourth-order valence-electron chi connectivity index (χ4n) is 4.87. The Labute approximate surface area is 281 Å². The number of anilines is 1. The van der Waals surface area contributed by atoms with Gasteiger partial charge in [-0.2, -0.15) is 0 Å². The molecule has 3 aromatic rings. The molecule has 12 nitrogen and oxygen atoms in total. The highest BCUT2D eigenvalue weighted by atomic mass is 35.5. The van der Waals surface area contributed by atoms with E-state index in [9.17, 15) is 28.1 Å². The predicted molar refractivity (Wildman–Crippen MR) is 176 cm³/mol. The molecule has 0 radical (unpaired) electrons. The van der Waals surface area contributed by atoms with Crippen LogP contribution in [0.2, 0.25) is 5.02 Å². The number of non-ortho nitro benzene ring substituents is 1. The standard InChI is InChI=1S/C31H35ClFN3O9S2/c1-5-43-24(37)17-44-27-25(32)28(46-29(27)30(38)45-31(2,3)4)22-10-7-11-23(26(22)33)34-20-12-14-35(15-13-20)47(41,42)18-19-8-6-9-21(16-19)36(39)40/h6-11,16,20,34H,5,12-15,17-18H2,1-4H3. The Kier molecular flexibility index (Phi) is 11.5. The molecule has 2 aromatic carbocycles. The Morgan fingerprint density at radius 3 is 2.49 bits per heavy atom. The maximum atomic E-state index is 16.0. The third kappa shape index (κ3) is 9.18. The summed E-state index contributed by atoms with van der Waals surface area (Å²) in [4.78, 5) is 35.7. The second kappa shape index (κ2) is 15.0. The molecule has 1 N–H and O–H groups in total. The fraction of sp³-hybridized carbons (Fsp3) is 0.419. The van der Waals surface area contributed by atoms with Gasteiger partial charge in [-0.25, -0.2) is 26.7 Å². The second-order valence-electron chi connectivity index (χ2n) is 11.7. The number of hydrogen-bond acceptors (Lipinski definition) is 11. The summed E-state index contributed by atoms with van der Waals surface area (Å²) in [5, 5.41) is 14.2. The van der Waals surface area contributed by atoms with Crippen LogP contribution in [0.5, 0.6) is 5.75 Å². The molecule has 0 amide bonds. The lowest BCUT2D eigenvalue weighted by atomic mass is 10.1. The quantitative estimate of drug-likeness (QED) is 0.126. The Hall–Kier alpha value is -3.79. The summed E-state index contributed by atoms with van der Waals surface area (Å²) in [7, 11) is -3.75. The molecular weight excluding hydrogens is 677 g/mol. The summed E-state index contributed by atoms with van der Waals surface area (Å²) >= 11 is 7.51. The SMILES string of the molecule is CCOC(=O)COc1c(C(=O)OC(C)(C)C)sc(-c2cccc(NC3CCN(S(=O)(=O)Cc4cccc([N+](=O)[O-])c4)CC3)c2F)c1Cl. The van der Waals surface area contributed by atoms with Crippen molar-refractivity contribution < 1.29 is 41.5 Å². The minimum absolute atomic E-state index is 0.0410. The van der Waals surface area contributed by atoms with E-state index in [1.165, 1.54) is 34.6 Å². The Bertz CT molecular complexity index is 1750. The lowest BCUT2D eigenvalue weighted by molar-refractivity contribution is -0.384. The van der Waals surface area contributed by atoms with E-state index < -0.39 is 44.9 Å². The zero-order valence-electron chi connectivity index (χ0n) is 26.2. The number of ether oxygens (including phenoxy) is 3. The number of thiophene rings is 1. The maximum Gasteiger partial charge on any atom is 0.352 e. The summed E-state index contributed by atoms with van der Waals surface area (Å²) in [6.07, 6.45) is 0.762. The van der Waals surface area contributed by atoms with Gasteiger partial charge >= 0.3 is 11.9 Å². The number of nitro groups is 1. The third-order valence-electron chi connectivity index (χ3n) is 6.95. The van der Waals surface area contributed by atoms with Crippen molar-refractivity contribution in [3.05, 3.63) is 73.9 Å². The van der Waals surface area contributed by atoms with Crippen LogP contribution in [0, 0.1) is 15.9 Å². The third-order valence-corrected chi connectivity index (χ3v) is 10.5. The summed E-state index contributed by atoms with van der Waals surface area (Å²) in [6, 6.07) is 9.90. The summed E-state index contributed by atoms with van der Waals surface area (Å²) in [6.45, 7) is 6.65. The molecule has 0 spiro atoms. The van der Waals surface area contributed by atoms with Crippen molar-refractivity contribution in [3.63, 3.8) is 0 Å². The van der Waals surface area contributed by atoms with Gasteiger partial charge in [0.2, 0.25) is 10.0 Å². The smallest absolute Gasteiger partial charge is 0.352 e. The molecular formula is C31H35ClFN3O9S2. The molecule has 0 atom stereocenters. The van der Waals surface area contributed by atoms with Gasteiger partial charge in [0.05, 0.1) is 27.8 Å². The van der Waals surface area contributed by atoms with Gasteiger partial charge in [-0.1, -0.05) is 35.9 Å². The van der Waals surface area contributed by atoms with Crippen LogP contribution in [-0.4, -0.2) is 67.5 Å². The fourth-order valence-corrected chi connectivity index (χ4v) is 7.88. The average molecular weight is 712 g/mol. The lowest BCUT2D eigenvalue weighted by Crippen LogP contribution is -2.42. The molecule has 1 aromatic heterocycles. The van der Waals surface area contributed by atoms with Gasteiger partial charge in [0.25, 0.3) is 5.69 Å². The first kappa shape index (κ1) is 36.1. The monoisotopic (exact) mass is 711 g/mol. The Morgan fingerprint density at radius 2 is 1.85 bits per heavy atom. The number of esters is 2. The van der Waals surface area contributed by atoms with E-state index in [0.29, 0.717) is 18.4 Å². The number of hydrogen-bond donors (Lipinski definition) is 1. The largest absolute Gasteiger partial charge is 0.479 e. The highest BCUT2D eigenvalue weighted by molar-refractivity contribution is 7.88. The number of carbonyl (C=O) groups is 2. The van der Waals surface area contributed by atoms with Gasteiger partial charge in [0, 0.05) is 36.8 Å². The second-order valence-corrected chi connectivity index (χ2v) is 15.0. The van der Waals surface area contributed by atoms with Gasteiger partial charge in [-0.05, 0) is 52.2 Å². The minimum Gasteiger partial charge on any atom is -0.479 e. The van der Waals surface area contributed by atoms with Crippen molar-refractivity contribution >= 4 is 56.3 Å². The molecule has 0 bridgehead atoms. The first-order valence-corrected chi connectivity index (χ1v) is 17.5. The molecule has 2 heterocycles. The molecule has 47 heavy (non-hydrogen) atoms. The predicted octanol–water partition coefficient (Wildman–Crippen LogP) is 6.42. The van der Waals surface area contributed by atoms with E-state index in [2.05, 4.69) is 5.32 Å². The van der Waals surface area contributed by atoms with Crippen LogP contribution < -0.4 is 10.1 Å². The van der Waals surface area contributed by atoms with Gasteiger partial charge in [0.15, 0.2) is 23.1 Å². The Morgan fingerprint density at radius 1 is 1.17 bits per heavy atom. The number of nitro benzene ring substituents is 1. The van der Waals surface area contributed by atoms with Crippen LogP contribution in [0.3, 0.4) is 0 Å². The van der Waals surface area contributed by atoms with Crippen molar-refractivity contribution in [2.45, 2.75) is 57.9 Å². The molecule has 1 aliphatic heterocycles. The lowest BCUT2D eigenvalue weighted by Gasteiger charge is -2.32. The van der Waals surface area contributed by atoms with Crippen LogP contribution >= 0.6 is 22.9 Å². The maximum absolute atomic E-state index is 16.0. The van der Waals surface area contributed by atoms with Crippen molar-refractivity contribution in [2.24, 2.45) is 0 Å². The number of nitrogens with one attached hydrogen (secondary N) is 1. The minimum atomic E-state index is -3.75. The van der Waals surface area contributed by atoms with E-state index in [0.717, 1.165) is 11.3 Å². The normalized spacial score (nSPS) is 14.4. The zero-order valence-corrected chi connectivity index (χ0v) is 28.6. The molecule has 1 saturated heterocycles. The number of carbonyl (C=O) groups excluding carboxylic acids is 2. The molecule has 4 rings (SSSR count). The van der Waals surface area contributed by atoms with Crippen LogP contribution in [-0.2, 0) is 30.0 Å². The molecule has 0 unspecified atom stereocenters. The molecule has 0 saturated carbocycles. The van der Waals surface area contributed by atoms with Gasteiger partial charge in [-0.3, -0.25) is 10.1 Å². The number of halogens is 2. The van der Waals surface area contributed by atoms with Crippen molar-refractivity contribution in [3.8, 4) is 16.2 Å². The number of piperidine rings is 1. The van der Waals surface area contributed by atoms with E-state index in [4.69, 9.17) is 25.8 Å². The van der Waals surface area contributed by atoms with Crippen LogP contribution in [0.4, 0.5) is 15.8 Å². The average Bonchev–Trinajstić information content (AvgIpc) is 3.32. The van der Waals surface area contributed by atoms with Gasteiger partial charge in [-0.15, -0.1) is 11.3 Å². The van der Waals surface area contributed by atoms with E-state index in [-0.39, 0.29) is 69.0 Å². The van der Waals surface area contributed by atoms with E-state index in [1.807, 2.05) is 0 Å².